The van der Waals surface area contributed by atoms with Gasteiger partial charge in [0.1, 0.15) is 0 Å². The molecule has 0 saturated heterocycles. The molecule has 1 atom stereocenters. The number of anilines is 1. The Morgan fingerprint density at radius 1 is 1.24 bits per heavy atom. The first-order valence-corrected chi connectivity index (χ1v) is 6.32. The van der Waals surface area contributed by atoms with Crippen molar-refractivity contribution < 1.29 is 14.8 Å². The van der Waals surface area contributed by atoms with Crippen molar-refractivity contribution in [3.8, 4) is 0 Å². The molecule has 2 aromatic carbocycles. The maximum absolute atomic E-state index is 11.2. The second-order valence-electron chi connectivity index (χ2n) is 4.57. The number of aromatic carboxylic acids is 1. The zero-order chi connectivity index (χ0) is 15.4. The van der Waals surface area contributed by atoms with Crippen LogP contribution >= 0.6 is 0 Å². The number of rotatable bonds is 5. The van der Waals surface area contributed by atoms with Crippen LogP contribution in [0.3, 0.4) is 0 Å². The quantitative estimate of drug-likeness (QED) is 0.648. The lowest BCUT2D eigenvalue weighted by molar-refractivity contribution is -0.384. The zero-order valence-corrected chi connectivity index (χ0v) is 11.3. The Labute approximate surface area is 121 Å². The van der Waals surface area contributed by atoms with Gasteiger partial charge < -0.3 is 10.4 Å². The first kappa shape index (κ1) is 14.5. The molecule has 108 valence electrons. The number of carboxylic acids is 1. The first-order chi connectivity index (χ1) is 9.99. The molecule has 6 heteroatoms. The lowest BCUT2D eigenvalue weighted by Gasteiger charge is -2.17. The molecule has 2 N–H and O–H groups in total. The summed E-state index contributed by atoms with van der Waals surface area (Å²) in [5.74, 6) is -1.13. The van der Waals surface area contributed by atoms with Crippen molar-refractivity contribution in [3.63, 3.8) is 0 Å². The highest BCUT2D eigenvalue weighted by Crippen LogP contribution is 2.26. The molecular formula is C15H14N2O4. The van der Waals surface area contributed by atoms with Gasteiger partial charge in [-0.05, 0) is 18.6 Å². The van der Waals surface area contributed by atoms with Gasteiger partial charge in [0.15, 0.2) is 0 Å². The number of nitro groups is 1. The van der Waals surface area contributed by atoms with E-state index in [1.807, 2.05) is 37.3 Å². The van der Waals surface area contributed by atoms with E-state index in [1.165, 1.54) is 18.2 Å². The van der Waals surface area contributed by atoms with Crippen LogP contribution in [0.1, 0.15) is 28.9 Å². The monoisotopic (exact) mass is 286 g/mol. The van der Waals surface area contributed by atoms with Crippen LogP contribution in [0.5, 0.6) is 0 Å². The lowest BCUT2D eigenvalue weighted by Crippen LogP contribution is -2.11. The maximum Gasteiger partial charge on any atom is 0.337 e. The van der Waals surface area contributed by atoms with E-state index < -0.39 is 10.9 Å². The van der Waals surface area contributed by atoms with E-state index in [0.717, 1.165) is 5.56 Å². The number of benzene rings is 2. The van der Waals surface area contributed by atoms with Crippen LogP contribution in [0.25, 0.3) is 0 Å². The van der Waals surface area contributed by atoms with Gasteiger partial charge in [-0.1, -0.05) is 30.3 Å². The average Bonchev–Trinajstić information content (AvgIpc) is 2.47. The normalized spacial score (nSPS) is 11.7. The molecule has 0 bridgehead atoms. The smallest absolute Gasteiger partial charge is 0.337 e. The Balaban J connectivity index is 2.35. The van der Waals surface area contributed by atoms with Crippen LogP contribution in [0, 0.1) is 10.1 Å². The third-order valence-electron chi connectivity index (χ3n) is 3.12. The SMILES string of the molecule is CC(Nc1cc([N+](=O)[O-])ccc1C(=O)O)c1ccccc1. The van der Waals surface area contributed by atoms with Crippen molar-refractivity contribution in [1.29, 1.82) is 0 Å². The van der Waals surface area contributed by atoms with Crippen molar-refractivity contribution in [2.75, 3.05) is 5.32 Å². The van der Waals surface area contributed by atoms with Gasteiger partial charge in [0, 0.05) is 18.2 Å². The number of carboxylic acid groups (broad SMARTS) is 1. The van der Waals surface area contributed by atoms with E-state index in [4.69, 9.17) is 5.11 Å². The van der Waals surface area contributed by atoms with Crippen molar-refractivity contribution in [3.05, 3.63) is 69.8 Å². The molecule has 0 radical (unpaired) electrons. The Morgan fingerprint density at radius 3 is 2.48 bits per heavy atom. The lowest BCUT2D eigenvalue weighted by atomic mass is 10.1. The van der Waals surface area contributed by atoms with Crippen molar-refractivity contribution in [2.45, 2.75) is 13.0 Å². The summed E-state index contributed by atoms with van der Waals surface area (Å²) >= 11 is 0. The van der Waals surface area contributed by atoms with Crippen LogP contribution in [0.4, 0.5) is 11.4 Å². The summed E-state index contributed by atoms with van der Waals surface area (Å²) in [6.45, 7) is 1.86. The Hall–Kier alpha value is -2.89. The van der Waals surface area contributed by atoms with Gasteiger partial charge in [-0.3, -0.25) is 10.1 Å². The molecule has 0 fully saturated rings. The molecule has 0 amide bonds. The maximum atomic E-state index is 11.2. The van der Waals surface area contributed by atoms with Crippen LogP contribution in [0.2, 0.25) is 0 Å². The standard InChI is InChI=1S/C15H14N2O4/c1-10(11-5-3-2-4-6-11)16-14-9-12(17(20)21)7-8-13(14)15(18)19/h2-10,16H,1H3,(H,18,19). The van der Waals surface area contributed by atoms with Crippen molar-refractivity contribution in [1.82, 2.24) is 0 Å². The van der Waals surface area contributed by atoms with E-state index in [1.54, 1.807) is 0 Å². The van der Waals surface area contributed by atoms with E-state index in [2.05, 4.69) is 5.32 Å². The van der Waals surface area contributed by atoms with Gasteiger partial charge in [-0.15, -0.1) is 0 Å². The topological polar surface area (TPSA) is 92.5 Å². The predicted molar refractivity (Wildman–Crippen MR) is 78.5 cm³/mol. The molecule has 0 heterocycles. The van der Waals surface area contributed by atoms with E-state index in [0.29, 0.717) is 0 Å². The summed E-state index contributed by atoms with van der Waals surface area (Å²) in [7, 11) is 0. The van der Waals surface area contributed by atoms with Crippen LogP contribution < -0.4 is 5.32 Å². The molecule has 2 aromatic rings. The number of non-ortho nitro benzene ring substituents is 1. The summed E-state index contributed by atoms with van der Waals surface area (Å²) in [5.41, 5.74) is 1.04. The highest BCUT2D eigenvalue weighted by Gasteiger charge is 2.17. The fraction of sp³-hybridized carbons (Fsp3) is 0.133. The van der Waals surface area contributed by atoms with Gasteiger partial charge >= 0.3 is 5.97 Å². The first-order valence-electron chi connectivity index (χ1n) is 6.32. The Kier molecular flexibility index (Phi) is 4.18. The second-order valence-corrected chi connectivity index (χ2v) is 4.57. The third kappa shape index (κ3) is 3.36. The number of carbonyl (C=O) groups is 1. The van der Waals surface area contributed by atoms with Gasteiger partial charge in [0.25, 0.3) is 5.69 Å². The summed E-state index contributed by atoms with van der Waals surface area (Å²) in [6.07, 6.45) is 0. The number of nitro benzene ring substituents is 1. The number of hydrogen-bond acceptors (Lipinski definition) is 4. The highest BCUT2D eigenvalue weighted by molar-refractivity contribution is 5.94. The van der Waals surface area contributed by atoms with Crippen LogP contribution in [0.15, 0.2) is 48.5 Å². The Morgan fingerprint density at radius 2 is 1.90 bits per heavy atom. The average molecular weight is 286 g/mol. The molecule has 0 aromatic heterocycles. The van der Waals surface area contributed by atoms with E-state index in [9.17, 15) is 14.9 Å². The molecule has 1 unspecified atom stereocenters. The highest BCUT2D eigenvalue weighted by atomic mass is 16.6. The second kappa shape index (κ2) is 6.04. The van der Waals surface area contributed by atoms with Gasteiger partial charge in [-0.2, -0.15) is 0 Å². The molecule has 21 heavy (non-hydrogen) atoms. The largest absolute Gasteiger partial charge is 0.478 e. The summed E-state index contributed by atoms with van der Waals surface area (Å²) < 4.78 is 0. The summed E-state index contributed by atoms with van der Waals surface area (Å²) in [4.78, 5) is 21.5. The molecular weight excluding hydrogens is 272 g/mol. The minimum Gasteiger partial charge on any atom is -0.478 e. The van der Waals surface area contributed by atoms with E-state index >= 15 is 0 Å². The Bertz CT molecular complexity index is 671. The molecule has 6 nitrogen and oxygen atoms in total. The molecule has 0 aliphatic rings. The van der Waals surface area contributed by atoms with Gasteiger partial charge in [0.05, 0.1) is 16.2 Å². The fourth-order valence-corrected chi connectivity index (χ4v) is 2.01. The number of hydrogen-bond donors (Lipinski definition) is 2. The van der Waals surface area contributed by atoms with Gasteiger partial charge in [-0.25, -0.2) is 4.79 Å². The summed E-state index contributed by atoms with van der Waals surface area (Å²) in [6, 6.07) is 12.9. The van der Waals surface area contributed by atoms with Gasteiger partial charge in [0.2, 0.25) is 0 Å². The van der Waals surface area contributed by atoms with Crippen LogP contribution in [-0.2, 0) is 0 Å². The molecule has 0 aliphatic heterocycles. The van der Waals surface area contributed by atoms with Crippen LogP contribution in [-0.4, -0.2) is 16.0 Å². The molecule has 0 saturated carbocycles. The zero-order valence-electron chi connectivity index (χ0n) is 11.3. The van der Waals surface area contributed by atoms with E-state index in [-0.39, 0.29) is 23.0 Å². The molecule has 0 spiro atoms. The number of nitrogens with one attached hydrogen (secondary N) is 1. The minimum atomic E-state index is -1.13. The number of nitrogens with zero attached hydrogens (tertiary/aromatic N) is 1. The van der Waals surface area contributed by atoms with Crippen molar-refractivity contribution in [2.24, 2.45) is 0 Å². The third-order valence-corrected chi connectivity index (χ3v) is 3.12. The summed E-state index contributed by atoms with van der Waals surface area (Å²) in [5, 5.41) is 23.0. The molecule has 0 aliphatic carbocycles. The fourth-order valence-electron chi connectivity index (χ4n) is 2.01. The predicted octanol–water partition coefficient (Wildman–Crippen LogP) is 3.47. The molecule has 2 rings (SSSR count). The minimum absolute atomic E-state index is 0.00313. The van der Waals surface area contributed by atoms with Crippen molar-refractivity contribution >= 4 is 17.3 Å².